The van der Waals surface area contributed by atoms with E-state index in [1.807, 2.05) is 58.8 Å². The Hall–Kier alpha value is -3.92. The van der Waals surface area contributed by atoms with Crippen LogP contribution in [0.15, 0.2) is 41.3 Å². The van der Waals surface area contributed by atoms with Crippen LogP contribution in [0.5, 0.6) is 0 Å². The van der Waals surface area contributed by atoms with E-state index in [0.717, 1.165) is 57.2 Å². The van der Waals surface area contributed by atoms with Crippen molar-refractivity contribution in [1.29, 1.82) is 0 Å². The largest absolute Gasteiger partial charge is 0.481 e. The number of fused-ring (bicyclic) bond motifs is 1. The van der Waals surface area contributed by atoms with Crippen molar-refractivity contribution in [3.63, 3.8) is 0 Å². The van der Waals surface area contributed by atoms with Gasteiger partial charge in [0.25, 0.3) is 12.0 Å². The average Bonchev–Trinajstić information content (AvgIpc) is 3.43. The molecule has 1 amide bonds. The summed E-state index contributed by atoms with van der Waals surface area (Å²) >= 11 is 0. The molecule has 2 aromatic carbocycles. The Morgan fingerprint density at radius 2 is 1.72 bits per heavy atom. The molecule has 2 N–H and O–H groups in total. The number of carboxylic acids is 1. The number of aryl methyl sites for hydroxylation is 3. The van der Waals surface area contributed by atoms with Crippen LogP contribution in [0.4, 0.5) is 13.2 Å². The number of carbonyl (C=O) groups excluding carboxylic acids is 1. The van der Waals surface area contributed by atoms with Gasteiger partial charge in [-0.2, -0.15) is 0 Å². The van der Waals surface area contributed by atoms with Gasteiger partial charge in [0.05, 0.1) is 18.0 Å². The van der Waals surface area contributed by atoms with Crippen LogP contribution in [0.3, 0.4) is 0 Å². The number of benzene rings is 2. The predicted octanol–water partition coefficient (Wildman–Crippen LogP) is 6.72. The Bertz CT molecular complexity index is 1640. The minimum atomic E-state index is -3.02. The summed E-state index contributed by atoms with van der Waals surface area (Å²) in [6.07, 6.45) is 1.11. The van der Waals surface area contributed by atoms with E-state index in [0.29, 0.717) is 24.1 Å². The summed E-state index contributed by atoms with van der Waals surface area (Å²) in [5.74, 6) is -2.18. The van der Waals surface area contributed by atoms with Gasteiger partial charge in [-0.05, 0) is 135 Å². The lowest BCUT2D eigenvalue weighted by molar-refractivity contribution is -0.138. The first-order valence-electron chi connectivity index (χ1n) is 15.8. The molecule has 1 aliphatic rings. The quantitative estimate of drug-likeness (QED) is 0.217. The van der Waals surface area contributed by atoms with E-state index in [1.165, 1.54) is 24.4 Å². The molecular weight excluding hydrogens is 595 g/mol. The standard InChI is InChI=1S/C36H44F3N3O4/c1-20(2)12-31(42-19-23(10-11-41(5)6)15-29(34(38)39)36(42)46)35(45)40-30(18-32(43)44)25-16-24-8-7-9-27(24)28(17-25)33-21(3)13-26(37)14-22(33)4/h13-17,19-20,30-31,34H,7-12,18H2,1-6H3,(H,40,45)(H,43,44)/t30-,31-/m0/s1. The van der Waals surface area contributed by atoms with E-state index >= 15 is 0 Å². The van der Waals surface area contributed by atoms with Crippen LogP contribution < -0.4 is 10.9 Å². The van der Waals surface area contributed by atoms with Crippen molar-refractivity contribution in [2.24, 2.45) is 5.92 Å². The molecule has 3 aromatic rings. The number of nitrogens with one attached hydrogen (secondary N) is 1. The predicted molar refractivity (Wildman–Crippen MR) is 173 cm³/mol. The molecule has 248 valence electrons. The summed E-state index contributed by atoms with van der Waals surface area (Å²) < 4.78 is 43.4. The number of carbonyl (C=O) groups is 2. The molecule has 1 aromatic heterocycles. The highest BCUT2D eigenvalue weighted by Crippen LogP contribution is 2.39. The second-order valence-corrected chi connectivity index (χ2v) is 13.1. The van der Waals surface area contributed by atoms with Gasteiger partial charge in [0, 0.05) is 12.7 Å². The summed E-state index contributed by atoms with van der Waals surface area (Å²) in [5, 5.41) is 12.8. The zero-order chi connectivity index (χ0) is 33.9. The third kappa shape index (κ3) is 8.07. The van der Waals surface area contributed by atoms with Gasteiger partial charge < -0.3 is 19.9 Å². The molecule has 0 radical (unpaired) electrons. The number of hydrogen-bond donors (Lipinski definition) is 2. The van der Waals surface area contributed by atoms with Gasteiger partial charge in [-0.1, -0.05) is 19.9 Å². The van der Waals surface area contributed by atoms with Crippen LogP contribution in [-0.2, 0) is 28.9 Å². The van der Waals surface area contributed by atoms with E-state index in [1.54, 1.807) is 0 Å². The van der Waals surface area contributed by atoms with Crippen molar-refractivity contribution < 1.29 is 27.9 Å². The summed E-state index contributed by atoms with van der Waals surface area (Å²) in [6, 6.07) is 5.85. The first kappa shape index (κ1) is 34.9. The maximum Gasteiger partial charge on any atom is 0.305 e. The van der Waals surface area contributed by atoms with Crippen LogP contribution in [-0.4, -0.2) is 47.1 Å². The summed E-state index contributed by atoms with van der Waals surface area (Å²) in [5.41, 5.74) is 4.90. The monoisotopic (exact) mass is 639 g/mol. The number of aliphatic carboxylic acids is 1. The van der Waals surface area contributed by atoms with Crippen molar-refractivity contribution in [3.8, 4) is 11.1 Å². The van der Waals surface area contributed by atoms with E-state index in [9.17, 15) is 32.7 Å². The van der Waals surface area contributed by atoms with E-state index in [-0.39, 0.29) is 18.2 Å². The number of halogens is 3. The van der Waals surface area contributed by atoms with E-state index < -0.39 is 47.9 Å². The number of alkyl halides is 2. The number of aromatic nitrogens is 1. The molecule has 7 nitrogen and oxygen atoms in total. The molecule has 0 fully saturated rings. The van der Waals surface area contributed by atoms with Gasteiger partial charge in [0.2, 0.25) is 5.91 Å². The molecule has 0 bridgehead atoms. The average molecular weight is 640 g/mol. The highest BCUT2D eigenvalue weighted by Gasteiger charge is 2.30. The molecule has 4 rings (SSSR count). The zero-order valence-electron chi connectivity index (χ0n) is 27.4. The molecule has 1 aliphatic carbocycles. The highest BCUT2D eigenvalue weighted by molar-refractivity contribution is 5.82. The van der Waals surface area contributed by atoms with Crippen LogP contribution in [0.1, 0.15) is 90.6 Å². The number of hydrogen-bond acceptors (Lipinski definition) is 4. The van der Waals surface area contributed by atoms with Crippen LogP contribution >= 0.6 is 0 Å². The first-order valence-corrected chi connectivity index (χ1v) is 15.8. The van der Waals surface area contributed by atoms with Crippen molar-refractivity contribution >= 4 is 11.9 Å². The number of likely N-dealkylation sites (N-methyl/N-ethyl adjacent to an activating group) is 1. The maximum atomic E-state index is 14.2. The van der Waals surface area contributed by atoms with Gasteiger partial charge in [-0.15, -0.1) is 0 Å². The Kier molecular flexibility index (Phi) is 11.1. The molecule has 0 unspecified atom stereocenters. The molecule has 0 aliphatic heterocycles. The Labute approximate surface area is 268 Å². The van der Waals surface area contributed by atoms with Crippen molar-refractivity contribution in [1.82, 2.24) is 14.8 Å². The maximum absolute atomic E-state index is 14.2. The Morgan fingerprint density at radius 1 is 1.04 bits per heavy atom. The van der Waals surface area contributed by atoms with Gasteiger partial charge in [0.15, 0.2) is 0 Å². The lowest BCUT2D eigenvalue weighted by Crippen LogP contribution is -2.41. The summed E-state index contributed by atoms with van der Waals surface area (Å²) in [6.45, 7) is 7.96. The van der Waals surface area contributed by atoms with Crippen molar-refractivity contribution in [2.45, 2.75) is 84.7 Å². The molecule has 0 spiro atoms. The van der Waals surface area contributed by atoms with Gasteiger partial charge in [-0.25, -0.2) is 13.2 Å². The molecular formula is C36H44F3N3O4. The van der Waals surface area contributed by atoms with Gasteiger partial charge in [0.1, 0.15) is 11.9 Å². The smallest absolute Gasteiger partial charge is 0.305 e. The Balaban J connectivity index is 1.80. The SMILES string of the molecule is Cc1cc(F)cc(C)c1-c1cc([C@H](CC(=O)O)NC(=O)[C@H](CC(C)C)n2cc(CCN(C)C)cc(C(F)F)c2=O)cc2c1CCC2. The number of rotatable bonds is 13. The molecule has 46 heavy (non-hydrogen) atoms. The molecule has 1 heterocycles. The minimum absolute atomic E-state index is 0.0861. The first-order chi connectivity index (χ1) is 21.7. The molecule has 0 saturated carbocycles. The van der Waals surface area contributed by atoms with Crippen LogP contribution in [0, 0.1) is 25.6 Å². The fourth-order valence-electron chi connectivity index (χ4n) is 6.54. The third-order valence-corrected chi connectivity index (χ3v) is 8.65. The fourth-order valence-corrected chi connectivity index (χ4v) is 6.54. The van der Waals surface area contributed by atoms with Gasteiger partial charge in [-0.3, -0.25) is 14.4 Å². The van der Waals surface area contributed by atoms with E-state index in [2.05, 4.69) is 5.32 Å². The third-order valence-electron chi connectivity index (χ3n) is 8.65. The second kappa shape index (κ2) is 14.7. The van der Waals surface area contributed by atoms with Crippen molar-refractivity contribution in [2.75, 3.05) is 20.6 Å². The lowest BCUT2D eigenvalue weighted by Gasteiger charge is -2.27. The number of carboxylic acid groups (broad SMARTS) is 1. The molecule has 0 saturated heterocycles. The number of pyridine rings is 1. The normalized spacial score (nSPS) is 14.2. The van der Waals surface area contributed by atoms with Crippen molar-refractivity contribution in [3.05, 3.63) is 91.6 Å². The number of amides is 1. The van der Waals surface area contributed by atoms with Crippen LogP contribution in [0.2, 0.25) is 0 Å². The molecule has 2 atom stereocenters. The number of nitrogens with zero attached hydrogens (tertiary/aromatic N) is 2. The fraction of sp³-hybridized carbons (Fsp3) is 0.472. The zero-order valence-corrected chi connectivity index (χ0v) is 27.4. The Morgan fingerprint density at radius 3 is 2.30 bits per heavy atom. The second-order valence-electron chi connectivity index (χ2n) is 13.1. The topological polar surface area (TPSA) is 91.6 Å². The molecule has 10 heteroatoms. The van der Waals surface area contributed by atoms with Crippen LogP contribution in [0.25, 0.3) is 11.1 Å². The van der Waals surface area contributed by atoms with E-state index in [4.69, 9.17) is 0 Å². The summed E-state index contributed by atoms with van der Waals surface area (Å²) in [7, 11) is 3.70. The highest BCUT2D eigenvalue weighted by atomic mass is 19.3. The lowest BCUT2D eigenvalue weighted by atomic mass is 9.87. The summed E-state index contributed by atoms with van der Waals surface area (Å²) in [4.78, 5) is 41.5. The van der Waals surface area contributed by atoms with Gasteiger partial charge >= 0.3 is 5.97 Å². The minimum Gasteiger partial charge on any atom is -0.481 e.